The zero-order valence-corrected chi connectivity index (χ0v) is 17.0. The molecule has 1 heterocycles. The lowest BCUT2D eigenvalue weighted by atomic mass is 10.0. The van der Waals surface area contributed by atoms with Crippen molar-refractivity contribution in [2.24, 2.45) is 5.10 Å². The Bertz CT molecular complexity index is 1250. The number of allylic oxidation sites excluding steroid dienone is 1. The van der Waals surface area contributed by atoms with Gasteiger partial charge < -0.3 is 4.74 Å². The summed E-state index contributed by atoms with van der Waals surface area (Å²) in [7, 11) is 1.63. The summed E-state index contributed by atoms with van der Waals surface area (Å²) in [5.74, 6) is 0.470. The van der Waals surface area contributed by atoms with Gasteiger partial charge in [0.2, 0.25) is 0 Å². The Labute approximate surface area is 180 Å². The van der Waals surface area contributed by atoms with E-state index in [4.69, 9.17) is 9.72 Å². The largest absolute Gasteiger partial charge is 0.497 e. The lowest BCUT2D eigenvalue weighted by molar-refractivity contribution is 0.0957. The number of carbonyl (C=O) groups excluding carboxylic acids is 1. The summed E-state index contributed by atoms with van der Waals surface area (Å²) in [6, 6.07) is 26.8. The Hall–Kier alpha value is -4.25. The van der Waals surface area contributed by atoms with Crippen LogP contribution < -0.4 is 10.2 Å². The number of hydrogen-bond donors (Lipinski definition) is 1. The zero-order chi connectivity index (χ0) is 21.5. The average Bonchev–Trinajstić information content (AvgIpc) is 2.83. The highest BCUT2D eigenvalue weighted by molar-refractivity contribution is 6.07. The maximum absolute atomic E-state index is 12.9. The fourth-order valence-corrected chi connectivity index (χ4v) is 3.19. The van der Waals surface area contributed by atoms with E-state index in [1.54, 1.807) is 25.5 Å². The zero-order valence-electron chi connectivity index (χ0n) is 17.0. The number of nitrogens with one attached hydrogen (secondary N) is 1. The van der Waals surface area contributed by atoms with Crippen LogP contribution in [0.5, 0.6) is 5.75 Å². The first-order valence-electron chi connectivity index (χ1n) is 9.84. The third-order valence-corrected chi connectivity index (χ3v) is 4.76. The highest BCUT2D eigenvalue weighted by Crippen LogP contribution is 2.26. The Balaban J connectivity index is 1.58. The molecule has 5 nitrogen and oxygen atoms in total. The maximum Gasteiger partial charge on any atom is 0.272 e. The molecule has 1 N–H and O–H groups in total. The van der Waals surface area contributed by atoms with E-state index in [1.807, 2.05) is 84.9 Å². The van der Waals surface area contributed by atoms with Crippen LogP contribution >= 0.6 is 0 Å². The first-order chi connectivity index (χ1) is 15.2. The molecule has 0 unspecified atom stereocenters. The molecule has 5 heteroatoms. The van der Waals surface area contributed by atoms with Gasteiger partial charge in [-0.15, -0.1) is 0 Å². The van der Waals surface area contributed by atoms with Gasteiger partial charge in [0, 0.05) is 17.2 Å². The summed E-state index contributed by atoms with van der Waals surface area (Å²) < 4.78 is 5.22. The number of benzene rings is 3. The number of aromatic nitrogens is 1. The van der Waals surface area contributed by atoms with E-state index in [-0.39, 0.29) is 5.91 Å². The lowest BCUT2D eigenvalue weighted by Crippen LogP contribution is -2.18. The van der Waals surface area contributed by atoms with Gasteiger partial charge in [0.15, 0.2) is 0 Å². The van der Waals surface area contributed by atoms with Gasteiger partial charge in [-0.1, -0.05) is 54.6 Å². The van der Waals surface area contributed by atoms with E-state index in [0.29, 0.717) is 11.3 Å². The Morgan fingerprint density at radius 1 is 0.968 bits per heavy atom. The summed E-state index contributed by atoms with van der Waals surface area (Å²) in [6.07, 6.45) is 5.25. The smallest absolute Gasteiger partial charge is 0.272 e. The summed E-state index contributed by atoms with van der Waals surface area (Å²) in [5.41, 5.74) is 6.53. The van der Waals surface area contributed by atoms with Gasteiger partial charge >= 0.3 is 0 Å². The molecule has 4 aromatic rings. The fourth-order valence-electron chi connectivity index (χ4n) is 3.19. The normalized spacial score (nSPS) is 11.3. The third-order valence-electron chi connectivity index (χ3n) is 4.76. The number of fused-ring (bicyclic) bond motifs is 1. The second-order valence-corrected chi connectivity index (χ2v) is 6.79. The summed E-state index contributed by atoms with van der Waals surface area (Å²) >= 11 is 0. The van der Waals surface area contributed by atoms with Gasteiger partial charge in [0.1, 0.15) is 5.75 Å². The van der Waals surface area contributed by atoms with E-state index in [1.165, 1.54) is 0 Å². The monoisotopic (exact) mass is 407 g/mol. The first kappa shape index (κ1) is 20.0. The molecule has 1 amide bonds. The molecule has 31 heavy (non-hydrogen) atoms. The minimum absolute atomic E-state index is 0.294. The number of hydrogen-bond acceptors (Lipinski definition) is 4. The van der Waals surface area contributed by atoms with Gasteiger partial charge in [0.05, 0.1) is 23.9 Å². The second kappa shape index (κ2) is 9.50. The van der Waals surface area contributed by atoms with Crippen molar-refractivity contribution < 1.29 is 9.53 Å². The highest BCUT2D eigenvalue weighted by atomic mass is 16.5. The third kappa shape index (κ3) is 4.85. The van der Waals surface area contributed by atoms with E-state index >= 15 is 0 Å². The number of carbonyl (C=O) groups is 1. The summed E-state index contributed by atoms with van der Waals surface area (Å²) in [5, 5.41) is 4.82. The molecule has 3 aromatic carbocycles. The van der Waals surface area contributed by atoms with Crippen LogP contribution in [0.1, 0.15) is 15.9 Å². The highest BCUT2D eigenvalue weighted by Gasteiger charge is 2.13. The topological polar surface area (TPSA) is 63.6 Å². The molecule has 4 rings (SSSR count). The van der Waals surface area contributed by atoms with Crippen LogP contribution in [-0.4, -0.2) is 24.2 Å². The Kier molecular flexibility index (Phi) is 6.14. The van der Waals surface area contributed by atoms with E-state index in [2.05, 4.69) is 10.5 Å². The first-order valence-corrected chi connectivity index (χ1v) is 9.84. The van der Waals surface area contributed by atoms with Crippen molar-refractivity contribution in [1.82, 2.24) is 10.4 Å². The van der Waals surface area contributed by atoms with Crippen LogP contribution in [0.2, 0.25) is 0 Å². The average molecular weight is 407 g/mol. The van der Waals surface area contributed by atoms with Crippen molar-refractivity contribution in [1.29, 1.82) is 0 Å². The molecule has 0 saturated carbocycles. The maximum atomic E-state index is 12.9. The minimum atomic E-state index is -0.294. The SMILES string of the molecule is COc1ccc(-c2cc(C(=O)NN=CC=Cc3ccccc3)c3ccccc3n2)cc1. The molecule has 0 fully saturated rings. The standard InChI is InChI=1S/C26H21N3O2/c1-31-21-15-13-20(14-16-21)25-18-23(22-11-5-6-12-24(22)28-25)26(30)29-27-17-7-10-19-8-3-2-4-9-19/h2-18H,1H3,(H,29,30). The van der Waals surface area contributed by atoms with Crippen LogP contribution in [0.25, 0.3) is 28.2 Å². The number of hydrazone groups is 1. The Morgan fingerprint density at radius 3 is 2.48 bits per heavy atom. The van der Waals surface area contributed by atoms with Crippen LogP contribution in [-0.2, 0) is 0 Å². The van der Waals surface area contributed by atoms with Crippen LogP contribution in [0.4, 0.5) is 0 Å². The van der Waals surface area contributed by atoms with Crippen molar-refractivity contribution in [3.05, 3.63) is 102 Å². The number of nitrogens with zero attached hydrogens (tertiary/aromatic N) is 2. The molecular weight excluding hydrogens is 386 g/mol. The van der Waals surface area contributed by atoms with E-state index in [9.17, 15) is 4.79 Å². The van der Waals surface area contributed by atoms with Crippen LogP contribution in [0, 0.1) is 0 Å². The van der Waals surface area contributed by atoms with E-state index in [0.717, 1.165) is 27.8 Å². The molecule has 0 aliphatic rings. The predicted octanol–water partition coefficient (Wildman–Crippen LogP) is 5.34. The molecule has 0 radical (unpaired) electrons. The molecule has 0 aliphatic carbocycles. The van der Waals surface area contributed by atoms with Crippen molar-refractivity contribution in [2.45, 2.75) is 0 Å². The van der Waals surface area contributed by atoms with Crippen molar-refractivity contribution in [2.75, 3.05) is 7.11 Å². The number of amides is 1. The van der Waals surface area contributed by atoms with Gasteiger partial charge in [-0.3, -0.25) is 4.79 Å². The van der Waals surface area contributed by atoms with E-state index < -0.39 is 0 Å². The van der Waals surface area contributed by atoms with Gasteiger partial charge in [-0.25, -0.2) is 10.4 Å². The summed E-state index contributed by atoms with van der Waals surface area (Å²) in [6.45, 7) is 0. The van der Waals surface area contributed by atoms with Crippen molar-refractivity contribution >= 4 is 29.1 Å². The number of methoxy groups -OCH3 is 1. The molecule has 0 saturated heterocycles. The number of para-hydroxylation sites is 1. The Morgan fingerprint density at radius 2 is 1.71 bits per heavy atom. The van der Waals surface area contributed by atoms with Crippen molar-refractivity contribution in [3.8, 4) is 17.0 Å². The number of pyridine rings is 1. The van der Waals surface area contributed by atoms with Gasteiger partial charge in [0.25, 0.3) is 5.91 Å². The molecule has 152 valence electrons. The van der Waals surface area contributed by atoms with Crippen LogP contribution in [0.15, 0.2) is 96.1 Å². The number of rotatable bonds is 6. The quantitative estimate of drug-likeness (QED) is 0.347. The molecule has 0 bridgehead atoms. The van der Waals surface area contributed by atoms with Gasteiger partial charge in [-0.05, 0) is 48.0 Å². The van der Waals surface area contributed by atoms with Gasteiger partial charge in [-0.2, -0.15) is 5.10 Å². The van der Waals surface area contributed by atoms with Crippen molar-refractivity contribution in [3.63, 3.8) is 0 Å². The lowest BCUT2D eigenvalue weighted by Gasteiger charge is -2.09. The molecule has 0 atom stereocenters. The summed E-state index contributed by atoms with van der Waals surface area (Å²) in [4.78, 5) is 17.6. The fraction of sp³-hybridized carbons (Fsp3) is 0.0385. The molecule has 0 aliphatic heterocycles. The second-order valence-electron chi connectivity index (χ2n) is 6.79. The molecule has 0 spiro atoms. The minimum Gasteiger partial charge on any atom is -0.497 e. The van der Waals surface area contributed by atoms with Crippen LogP contribution in [0.3, 0.4) is 0 Å². The number of ether oxygens (including phenoxy) is 1. The predicted molar refractivity (Wildman–Crippen MR) is 125 cm³/mol. The molecule has 1 aromatic heterocycles. The molecular formula is C26H21N3O2.